The van der Waals surface area contributed by atoms with Crippen LogP contribution in [-0.2, 0) is 17.6 Å². The number of hydrogen-bond donors (Lipinski definition) is 2. The van der Waals surface area contributed by atoms with Gasteiger partial charge in [-0.05, 0) is 65.9 Å². The fraction of sp³-hybridized carbons (Fsp3) is 0.250. The molecule has 1 aromatic heterocycles. The molecule has 1 atom stereocenters. The maximum atomic E-state index is 12.7. The van der Waals surface area contributed by atoms with Crippen LogP contribution in [0.2, 0.25) is 0 Å². The predicted octanol–water partition coefficient (Wildman–Crippen LogP) is 5.14. The number of carbonyl (C=O) groups is 1. The Balaban J connectivity index is 1.26. The van der Waals surface area contributed by atoms with Crippen LogP contribution in [-0.4, -0.2) is 31.2 Å². The van der Waals surface area contributed by atoms with Crippen molar-refractivity contribution in [2.45, 2.75) is 19.3 Å². The van der Waals surface area contributed by atoms with Gasteiger partial charge in [0.05, 0.1) is 13.7 Å². The third kappa shape index (κ3) is 4.58. The van der Waals surface area contributed by atoms with Crippen molar-refractivity contribution in [2.75, 3.05) is 20.3 Å². The molecule has 0 saturated carbocycles. The first-order chi connectivity index (χ1) is 16.2. The van der Waals surface area contributed by atoms with Crippen molar-refractivity contribution in [3.8, 4) is 22.8 Å². The van der Waals surface area contributed by atoms with E-state index in [0.717, 1.165) is 40.1 Å². The van der Waals surface area contributed by atoms with E-state index in [4.69, 9.17) is 9.47 Å². The number of amides is 1. The monoisotopic (exact) mass is 440 g/mol. The molecule has 0 saturated heterocycles. The van der Waals surface area contributed by atoms with Crippen LogP contribution in [0.15, 0.2) is 72.8 Å². The van der Waals surface area contributed by atoms with Gasteiger partial charge < -0.3 is 19.8 Å². The zero-order valence-electron chi connectivity index (χ0n) is 18.8. The van der Waals surface area contributed by atoms with Crippen LogP contribution in [0.4, 0.5) is 0 Å². The molecule has 1 amide bonds. The number of aromatic nitrogens is 1. The second-order valence-electron chi connectivity index (χ2n) is 8.55. The number of fused-ring (bicyclic) bond motifs is 2. The van der Waals surface area contributed by atoms with E-state index in [9.17, 15) is 4.79 Å². The van der Waals surface area contributed by atoms with Crippen LogP contribution >= 0.6 is 0 Å². The summed E-state index contributed by atoms with van der Waals surface area (Å²) in [5, 5.41) is 4.28. The minimum absolute atomic E-state index is 0.0693. The third-order valence-corrected chi connectivity index (χ3v) is 6.34. The number of rotatable bonds is 7. The zero-order chi connectivity index (χ0) is 22.6. The molecule has 1 aliphatic rings. The second-order valence-corrected chi connectivity index (χ2v) is 8.55. The molecule has 33 heavy (non-hydrogen) atoms. The standard InChI is InChI=1S/C28H28N2O3/c1-32-22-12-10-20(11-13-22)28-24(23-7-3-4-8-25(23)30-28)14-15-27(31)29-17-19-16-21-6-2-5-9-26(21)33-18-19/h2-13,19,30H,14-18H2,1H3,(H,29,31). The summed E-state index contributed by atoms with van der Waals surface area (Å²) >= 11 is 0. The van der Waals surface area contributed by atoms with Crippen molar-refractivity contribution in [3.63, 3.8) is 0 Å². The van der Waals surface area contributed by atoms with Crippen molar-refractivity contribution >= 4 is 16.8 Å². The van der Waals surface area contributed by atoms with Gasteiger partial charge in [0, 0.05) is 35.5 Å². The van der Waals surface area contributed by atoms with Gasteiger partial charge in [0.25, 0.3) is 0 Å². The Morgan fingerprint density at radius 1 is 1.06 bits per heavy atom. The molecule has 0 aliphatic carbocycles. The number of hydrogen-bond acceptors (Lipinski definition) is 3. The first-order valence-corrected chi connectivity index (χ1v) is 11.4. The van der Waals surface area contributed by atoms with Crippen LogP contribution in [0.3, 0.4) is 0 Å². The Labute approximate surface area is 193 Å². The van der Waals surface area contributed by atoms with E-state index < -0.39 is 0 Å². The number of ether oxygens (including phenoxy) is 2. The quantitative estimate of drug-likeness (QED) is 0.418. The molecule has 0 spiro atoms. The van der Waals surface area contributed by atoms with E-state index in [-0.39, 0.29) is 5.91 Å². The van der Waals surface area contributed by atoms with Gasteiger partial charge in [-0.3, -0.25) is 4.79 Å². The molecule has 1 aliphatic heterocycles. The number of methoxy groups -OCH3 is 1. The van der Waals surface area contributed by atoms with Crippen LogP contribution in [0.5, 0.6) is 11.5 Å². The molecule has 1 unspecified atom stereocenters. The number of para-hydroxylation sites is 2. The highest BCUT2D eigenvalue weighted by atomic mass is 16.5. The van der Waals surface area contributed by atoms with Crippen molar-refractivity contribution in [3.05, 3.63) is 83.9 Å². The molecule has 0 radical (unpaired) electrons. The number of carbonyl (C=O) groups excluding carboxylic acids is 1. The third-order valence-electron chi connectivity index (χ3n) is 6.34. The first-order valence-electron chi connectivity index (χ1n) is 11.4. The Morgan fingerprint density at radius 2 is 1.85 bits per heavy atom. The average Bonchev–Trinajstić information content (AvgIpc) is 3.24. The van der Waals surface area contributed by atoms with E-state index in [0.29, 0.717) is 31.9 Å². The van der Waals surface area contributed by atoms with Gasteiger partial charge in [-0.2, -0.15) is 0 Å². The summed E-state index contributed by atoms with van der Waals surface area (Å²) < 4.78 is 11.1. The fourth-order valence-electron chi connectivity index (χ4n) is 4.57. The highest BCUT2D eigenvalue weighted by Gasteiger charge is 2.20. The molecule has 2 N–H and O–H groups in total. The van der Waals surface area contributed by atoms with Gasteiger partial charge in [0.2, 0.25) is 5.91 Å². The van der Waals surface area contributed by atoms with Gasteiger partial charge in [-0.25, -0.2) is 0 Å². The van der Waals surface area contributed by atoms with E-state index in [1.165, 1.54) is 11.1 Å². The number of benzene rings is 3. The highest BCUT2D eigenvalue weighted by Crippen LogP contribution is 2.32. The van der Waals surface area contributed by atoms with Gasteiger partial charge in [-0.15, -0.1) is 0 Å². The minimum Gasteiger partial charge on any atom is -0.497 e. The number of aryl methyl sites for hydroxylation is 1. The summed E-state index contributed by atoms with van der Waals surface area (Å²) in [6, 6.07) is 24.4. The lowest BCUT2D eigenvalue weighted by Crippen LogP contribution is -2.34. The molecule has 0 bridgehead atoms. The van der Waals surface area contributed by atoms with Gasteiger partial charge in [-0.1, -0.05) is 36.4 Å². The van der Waals surface area contributed by atoms with Crippen LogP contribution in [0.1, 0.15) is 17.5 Å². The van der Waals surface area contributed by atoms with Crippen LogP contribution in [0.25, 0.3) is 22.2 Å². The van der Waals surface area contributed by atoms with E-state index >= 15 is 0 Å². The number of H-pyrrole nitrogens is 1. The SMILES string of the molecule is COc1ccc(-c2[nH]c3ccccc3c2CCC(=O)NCC2COc3ccccc3C2)cc1. The maximum Gasteiger partial charge on any atom is 0.220 e. The molecule has 168 valence electrons. The van der Waals surface area contributed by atoms with E-state index in [2.05, 4.69) is 28.5 Å². The summed E-state index contributed by atoms with van der Waals surface area (Å²) in [5.41, 5.74) is 5.60. The van der Waals surface area contributed by atoms with Gasteiger partial charge in [0.15, 0.2) is 0 Å². The zero-order valence-corrected chi connectivity index (χ0v) is 18.8. The van der Waals surface area contributed by atoms with Crippen molar-refractivity contribution in [2.24, 2.45) is 5.92 Å². The molecular formula is C28H28N2O3. The highest BCUT2D eigenvalue weighted by molar-refractivity contribution is 5.91. The lowest BCUT2D eigenvalue weighted by molar-refractivity contribution is -0.121. The van der Waals surface area contributed by atoms with Crippen LogP contribution in [0, 0.1) is 5.92 Å². The van der Waals surface area contributed by atoms with Crippen molar-refractivity contribution in [1.29, 1.82) is 0 Å². The average molecular weight is 441 g/mol. The Kier molecular flexibility index (Phi) is 6.03. The summed E-state index contributed by atoms with van der Waals surface area (Å²) in [6.07, 6.45) is 2.04. The topological polar surface area (TPSA) is 63.4 Å². The van der Waals surface area contributed by atoms with Crippen molar-refractivity contribution in [1.82, 2.24) is 10.3 Å². The summed E-state index contributed by atoms with van der Waals surface area (Å²) in [7, 11) is 1.67. The van der Waals surface area contributed by atoms with Gasteiger partial charge in [0.1, 0.15) is 11.5 Å². The second kappa shape index (κ2) is 9.41. The number of nitrogens with one attached hydrogen (secondary N) is 2. The fourth-order valence-corrected chi connectivity index (χ4v) is 4.57. The van der Waals surface area contributed by atoms with Crippen molar-refractivity contribution < 1.29 is 14.3 Å². The predicted molar refractivity (Wildman–Crippen MR) is 131 cm³/mol. The minimum atomic E-state index is 0.0693. The Bertz CT molecular complexity index is 1260. The molecule has 3 aromatic carbocycles. The van der Waals surface area contributed by atoms with Crippen LogP contribution < -0.4 is 14.8 Å². The normalized spacial score (nSPS) is 15.0. The van der Waals surface area contributed by atoms with Gasteiger partial charge >= 0.3 is 0 Å². The molecule has 5 rings (SSSR count). The lowest BCUT2D eigenvalue weighted by atomic mass is 9.96. The Morgan fingerprint density at radius 3 is 2.70 bits per heavy atom. The lowest BCUT2D eigenvalue weighted by Gasteiger charge is -2.25. The molecule has 0 fully saturated rings. The number of aromatic amines is 1. The smallest absolute Gasteiger partial charge is 0.220 e. The summed E-state index contributed by atoms with van der Waals surface area (Å²) in [5.74, 6) is 2.15. The van der Waals surface area contributed by atoms with E-state index in [1.54, 1.807) is 7.11 Å². The molecule has 5 heteroatoms. The molecular weight excluding hydrogens is 412 g/mol. The largest absolute Gasteiger partial charge is 0.497 e. The Hall–Kier alpha value is -3.73. The summed E-state index contributed by atoms with van der Waals surface area (Å²) in [4.78, 5) is 16.3. The van der Waals surface area contributed by atoms with E-state index in [1.807, 2.05) is 54.6 Å². The first kappa shape index (κ1) is 21.1. The molecule has 5 nitrogen and oxygen atoms in total. The summed E-state index contributed by atoms with van der Waals surface area (Å²) in [6.45, 7) is 1.27. The molecule has 4 aromatic rings. The molecule has 2 heterocycles. The maximum absolute atomic E-state index is 12.7.